The van der Waals surface area contributed by atoms with Crippen LogP contribution in [-0.4, -0.2) is 9.97 Å². The minimum absolute atomic E-state index is 0.124. The van der Waals surface area contributed by atoms with E-state index in [2.05, 4.69) is 16.0 Å². The van der Waals surface area contributed by atoms with Crippen LogP contribution < -0.4 is 5.56 Å². The second kappa shape index (κ2) is 4.63. The highest BCUT2D eigenvalue weighted by atomic mass is 16.1. The molecule has 0 saturated carbocycles. The quantitative estimate of drug-likeness (QED) is 0.732. The van der Waals surface area contributed by atoms with Crippen molar-refractivity contribution in [1.29, 1.82) is 5.26 Å². The molecule has 4 nitrogen and oxygen atoms in total. The molecule has 0 spiro atoms. The first kappa shape index (κ1) is 12.1. The molecule has 0 atom stereocenters. The van der Waals surface area contributed by atoms with Crippen molar-refractivity contribution in [3.05, 3.63) is 64.2 Å². The van der Waals surface area contributed by atoms with Crippen LogP contribution in [0.4, 0.5) is 0 Å². The molecule has 3 rings (SSSR count). The molecule has 2 heterocycles. The van der Waals surface area contributed by atoms with Gasteiger partial charge in [0.25, 0.3) is 5.56 Å². The maximum atomic E-state index is 11.4. The maximum absolute atomic E-state index is 11.4. The molecule has 2 aromatic heterocycles. The van der Waals surface area contributed by atoms with Crippen molar-refractivity contribution in [1.82, 2.24) is 9.97 Å². The first-order chi connectivity index (χ1) is 9.69. The fourth-order valence-corrected chi connectivity index (χ4v) is 2.17. The minimum Gasteiger partial charge on any atom is -0.328 e. The molecule has 0 aliphatic carbocycles. The molecule has 96 valence electrons. The number of nitriles is 1. The van der Waals surface area contributed by atoms with Gasteiger partial charge in [-0.1, -0.05) is 18.2 Å². The van der Waals surface area contributed by atoms with Crippen LogP contribution in [-0.2, 0) is 0 Å². The third-order valence-electron chi connectivity index (χ3n) is 3.23. The average molecular weight is 261 g/mol. The predicted molar refractivity (Wildman–Crippen MR) is 77.3 cm³/mol. The number of fused-ring (bicyclic) bond motifs is 1. The Hall–Kier alpha value is -2.93. The van der Waals surface area contributed by atoms with Crippen LogP contribution in [0.1, 0.15) is 11.3 Å². The van der Waals surface area contributed by atoms with Gasteiger partial charge in [-0.3, -0.25) is 4.79 Å². The van der Waals surface area contributed by atoms with E-state index in [1.165, 1.54) is 0 Å². The summed E-state index contributed by atoms with van der Waals surface area (Å²) in [7, 11) is 0. The Labute approximate surface area is 115 Å². The van der Waals surface area contributed by atoms with E-state index in [9.17, 15) is 10.1 Å². The number of nitrogens with zero attached hydrogens (tertiary/aromatic N) is 2. The second-order valence-corrected chi connectivity index (χ2v) is 4.59. The highest BCUT2D eigenvalue weighted by Gasteiger charge is 2.09. The van der Waals surface area contributed by atoms with E-state index in [-0.39, 0.29) is 5.56 Å². The highest BCUT2D eigenvalue weighted by molar-refractivity contribution is 5.85. The van der Waals surface area contributed by atoms with Crippen LogP contribution in [0.25, 0.3) is 22.0 Å². The summed E-state index contributed by atoms with van der Waals surface area (Å²) in [6.45, 7) is 1.74. The zero-order chi connectivity index (χ0) is 14.1. The van der Waals surface area contributed by atoms with Gasteiger partial charge in [0.2, 0.25) is 0 Å². The second-order valence-electron chi connectivity index (χ2n) is 4.59. The first-order valence-corrected chi connectivity index (χ1v) is 6.18. The van der Waals surface area contributed by atoms with Gasteiger partial charge in [-0.2, -0.15) is 5.26 Å². The molecule has 0 amide bonds. The number of hydrogen-bond acceptors (Lipinski definition) is 3. The third-order valence-corrected chi connectivity index (χ3v) is 3.23. The molecule has 0 saturated heterocycles. The monoisotopic (exact) mass is 261 g/mol. The van der Waals surface area contributed by atoms with Gasteiger partial charge in [0.05, 0.1) is 5.52 Å². The van der Waals surface area contributed by atoms with Gasteiger partial charge in [-0.25, -0.2) is 4.98 Å². The van der Waals surface area contributed by atoms with Gasteiger partial charge < -0.3 is 4.98 Å². The van der Waals surface area contributed by atoms with Crippen molar-refractivity contribution in [3.8, 4) is 17.2 Å². The Morgan fingerprint density at radius 3 is 2.80 bits per heavy atom. The predicted octanol–water partition coefficient (Wildman–Crippen LogP) is 2.77. The third kappa shape index (κ3) is 1.95. The molecule has 20 heavy (non-hydrogen) atoms. The van der Waals surface area contributed by atoms with E-state index in [1.54, 1.807) is 19.2 Å². The van der Waals surface area contributed by atoms with Gasteiger partial charge in [-0.05, 0) is 25.1 Å². The molecule has 0 fully saturated rings. The normalized spacial score (nSPS) is 10.4. The van der Waals surface area contributed by atoms with Crippen LogP contribution in [0.2, 0.25) is 0 Å². The topological polar surface area (TPSA) is 69.5 Å². The molecular weight excluding hydrogens is 250 g/mol. The zero-order valence-electron chi connectivity index (χ0n) is 10.8. The summed E-state index contributed by atoms with van der Waals surface area (Å²) in [5.41, 5.74) is 3.15. The summed E-state index contributed by atoms with van der Waals surface area (Å²) in [5, 5.41) is 10.2. The number of para-hydroxylation sites is 1. The first-order valence-electron chi connectivity index (χ1n) is 6.18. The summed E-state index contributed by atoms with van der Waals surface area (Å²) in [5.74, 6) is 0. The van der Waals surface area contributed by atoms with Crippen LogP contribution in [0.3, 0.4) is 0 Å². The lowest BCUT2D eigenvalue weighted by Crippen LogP contribution is -2.08. The number of pyridine rings is 2. The fraction of sp³-hybridized carbons (Fsp3) is 0.0625. The molecular formula is C16H11N3O. The van der Waals surface area contributed by atoms with E-state index >= 15 is 0 Å². The van der Waals surface area contributed by atoms with E-state index < -0.39 is 0 Å². The van der Waals surface area contributed by atoms with Gasteiger partial charge >= 0.3 is 0 Å². The van der Waals surface area contributed by atoms with Crippen LogP contribution in [0.5, 0.6) is 0 Å². The summed E-state index contributed by atoms with van der Waals surface area (Å²) in [6.07, 6.45) is 1.61. The number of H-pyrrole nitrogens is 1. The molecule has 0 aliphatic heterocycles. The lowest BCUT2D eigenvalue weighted by atomic mass is 10.0. The fourth-order valence-electron chi connectivity index (χ4n) is 2.17. The molecule has 0 unspecified atom stereocenters. The van der Waals surface area contributed by atoms with Crippen LogP contribution in [0.15, 0.2) is 47.4 Å². The Bertz CT molecular complexity index is 903. The SMILES string of the molecule is Cc1cc(-c2cc3ccccc3nc2C#N)c[nH]c1=O. The maximum Gasteiger partial charge on any atom is 0.250 e. The summed E-state index contributed by atoms with van der Waals surface area (Å²) < 4.78 is 0. The molecule has 0 bridgehead atoms. The van der Waals surface area contributed by atoms with Gasteiger partial charge in [-0.15, -0.1) is 0 Å². The summed E-state index contributed by atoms with van der Waals surface area (Å²) in [4.78, 5) is 18.5. The Kier molecular flexibility index (Phi) is 2.81. The van der Waals surface area contributed by atoms with E-state index in [4.69, 9.17) is 0 Å². The van der Waals surface area contributed by atoms with Crippen LogP contribution in [0, 0.1) is 18.3 Å². The molecule has 1 aromatic carbocycles. The van der Waals surface area contributed by atoms with Crippen molar-refractivity contribution >= 4 is 10.9 Å². The number of aryl methyl sites for hydroxylation is 1. The minimum atomic E-state index is -0.124. The van der Waals surface area contributed by atoms with Gasteiger partial charge in [0.15, 0.2) is 0 Å². The molecule has 0 aliphatic rings. The summed E-state index contributed by atoms with van der Waals surface area (Å²) in [6, 6.07) is 13.5. The lowest BCUT2D eigenvalue weighted by molar-refractivity contribution is 1.18. The number of aromatic nitrogens is 2. The number of aromatic amines is 1. The van der Waals surface area contributed by atoms with Crippen molar-refractivity contribution in [3.63, 3.8) is 0 Å². The van der Waals surface area contributed by atoms with Crippen LogP contribution >= 0.6 is 0 Å². The molecule has 1 N–H and O–H groups in total. The Balaban J connectivity index is 2.31. The van der Waals surface area contributed by atoms with E-state index in [0.717, 1.165) is 22.0 Å². The summed E-state index contributed by atoms with van der Waals surface area (Å²) >= 11 is 0. The molecule has 0 radical (unpaired) electrons. The number of nitrogens with one attached hydrogen (secondary N) is 1. The number of benzene rings is 1. The Morgan fingerprint density at radius 1 is 1.25 bits per heavy atom. The van der Waals surface area contributed by atoms with Crippen molar-refractivity contribution in [2.24, 2.45) is 0 Å². The Morgan fingerprint density at radius 2 is 2.05 bits per heavy atom. The van der Waals surface area contributed by atoms with Gasteiger partial charge in [0.1, 0.15) is 11.8 Å². The van der Waals surface area contributed by atoms with Gasteiger partial charge in [0, 0.05) is 28.3 Å². The average Bonchev–Trinajstić information content (AvgIpc) is 2.48. The standard InChI is InChI=1S/C16H11N3O/c1-10-6-12(9-18-16(10)20)13-7-11-4-2-3-5-14(11)19-15(13)8-17/h2-7,9H,1H3,(H,18,20). The largest absolute Gasteiger partial charge is 0.328 e. The van der Waals surface area contributed by atoms with Crippen molar-refractivity contribution in [2.75, 3.05) is 0 Å². The van der Waals surface area contributed by atoms with E-state index in [1.807, 2.05) is 30.3 Å². The molecule has 3 aromatic rings. The smallest absolute Gasteiger partial charge is 0.250 e. The van der Waals surface area contributed by atoms with Crippen molar-refractivity contribution < 1.29 is 0 Å². The van der Waals surface area contributed by atoms with Crippen molar-refractivity contribution in [2.45, 2.75) is 6.92 Å². The number of hydrogen-bond donors (Lipinski definition) is 1. The lowest BCUT2D eigenvalue weighted by Gasteiger charge is -2.06. The highest BCUT2D eigenvalue weighted by Crippen LogP contribution is 2.25. The molecule has 4 heteroatoms. The zero-order valence-corrected chi connectivity index (χ0v) is 10.8. The number of rotatable bonds is 1. The van der Waals surface area contributed by atoms with E-state index in [0.29, 0.717) is 11.3 Å².